The van der Waals surface area contributed by atoms with Gasteiger partial charge in [-0.25, -0.2) is 0 Å². The first-order chi connectivity index (χ1) is 6.65. The molecule has 1 aromatic carbocycles. The van der Waals surface area contributed by atoms with Gasteiger partial charge in [-0.1, -0.05) is 50.1 Å². The van der Waals surface area contributed by atoms with Crippen molar-refractivity contribution in [1.82, 2.24) is 5.32 Å². The topological polar surface area (TPSA) is 29.1 Å². The summed E-state index contributed by atoms with van der Waals surface area (Å²) >= 11 is 6.56. The molecule has 76 valence electrons. The molecule has 0 aliphatic rings. The van der Waals surface area contributed by atoms with Crippen LogP contribution in [0.2, 0.25) is 0 Å². The van der Waals surface area contributed by atoms with Crippen molar-refractivity contribution in [2.24, 2.45) is 0 Å². The molecule has 0 saturated carbocycles. The highest BCUT2D eigenvalue weighted by atomic mass is 79.9. The van der Waals surface area contributed by atoms with Gasteiger partial charge in [0.15, 0.2) is 0 Å². The fraction of sp³-hybridized carbons (Fsp3) is 0.300. The van der Waals surface area contributed by atoms with Gasteiger partial charge >= 0.3 is 0 Å². The van der Waals surface area contributed by atoms with Gasteiger partial charge in [0.2, 0.25) is 5.91 Å². The lowest BCUT2D eigenvalue weighted by Crippen LogP contribution is -2.27. The van der Waals surface area contributed by atoms with Crippen LogP contribution in [0.5, 0.6) is 0 Å². The third-order valence-electron chi connectivity index (χ3n) is 1.87. The van der Waals surface area contributed by atoms with Crippen LogP contribution in [0.25, 0.3) is 0 Å². The number of halogens is 2. The summed E-state index contributed by atoms with van der Waals surface area (Å²) in [7, 11) is 0. The van der Waals surface area contributed by atoms with Crippen LogP contribution in [-0.2, 0) is 4.79 Å². The zero-order valence-electron chi connectivity index (χ0n) is 7.76. The summed E-state index contributed by atoms with van der Waals surface area (Å²) in [4.78, 5) is 11.1. The van der Waals surface area contributed by atoms with E-state index in [1.165, 1.54) is 0 Å². The molecule has 14 heavy (non-hydrogen) atoms. The van der Waals surface area contributed by atoms with Crippen molar-refractivity contribution in [3.05, 3.63) is 34.3 Å². The van der Waals surface area contributed by atoms with Gasteiger partial charge in [0.05, 0.1) is 11.4 Å². The molecule has 0 aliphatic carbocycles. The quantitative estimate of drug-likeness (QED) is 0.852. The molecule has 1 aromatic rings. The van der Waals surface area contributed by atoms with Gasteiger partial charge < -0.3 is 5.32 Å². The van der Waals surface area contributed by atoms with Crippen LogP contribution in [-0.4, -0.2) is 11.2 Å². The normalized spacial score (nSPS) is 12.2. The molecule has 0 bridgehead atoms. The summed E-state index contributed by atoms with van der Waals surface area (Å²) in [5.41, 5.74) is 1.09. The minimum atomic E-state index is -0.00625. The minimum Gasteiger partial charge on any atom is -0.349 e. The van der Waals surface area contributed by atoms with Gasteiger partial charge in [0.25, 0.3) is 0 Å². The summed E-state index contributed by atoms with van der Waals surface area (Å²) in [5, 5.41) is 3.21. The predicted molar refractivity (Wildman–Crippen MR) is 64.5 cm³/mol. The monoisotopic (exact) mass is 319 g/mol. The van der Waals surface area contributed by atoms with Gasteiger partial charge in [-0.05, 0) is 18.6 Å². The van der Waals surface area contributed by atoms with E-state index in [2.05, 4.69) is 37.2 Å². The van der Waals surface area contributed by atoms with E-state index in [0.717, 1.165) is 10.0 Å². The van der Waals surface area contributed by atoms with Gasteiger partial charge in [0, 0.05) is 4.47 Å². The maximum Gasteiger partial charge on any atom is 0.231 e. The summed E-state index contributed by atoms with van der Waals surface area (Å²) in [5.74, 6) is -0.00625. The predicted octanol–water partition coefficient (Wildman–Crippen LogP) is 3.02. The largest absolute Gasteiger partial charge is 0.349 e. The Labute approximate surface area is 100 Å². The van der Waals surface area contributed by atoms with Crippen molar-refractivity contribution < 1.29 is 4.79 Å². The van der Waals surface area contributed by atoms with E-state index in [9.17, 15) is 4.79 Å². The van der Waals surface area contributed by atoms with Crippen molar-refractivity contribution in [3.8, 4) is 0 Å². The van der Waals surface area contributed by atoms with E-state index in [0.29, 0.717) is 5.33 Å². The van der Waals surface area contributed by atoms with Crippen LogP contribution in [0, 0.1) is 0 Å². The molecule has 0 aliphatic heterocycles. The van der Waals surface area contributed by atoms with Crippen LogP contribution >= 0.6 is 31.9 Å². The molecule has 0 saturated heterocycles. The maximum absolute atomic E-state index is 11.1. The van der Waals surface area contributed by atoms with Crippen molar-refractivity contribution in [2.75, 3.05) is 5.33 Å². The Morgan fingerprint density at radius 3 is 2.71 bits per heavy atom. The third kappa shape index (κ3) is 3.10. The Balaban J connectivity index is 2.74. The Kier molecular flexibility index (Phi) is 4.62. The lowest BCUT2D eigenvalue weighted by molar-refractivity contribution is -0.119. The lowest BCUT2D eigenvalue weighted by Gasteiger charge is -2.14. The minimum absolute atomic E-state index is 0.00625. The molecule has 4 heteroatoms. The number of carbonyl (C=O) groups is 1. The zero-order chi connectivity index (χ0) is 10.6. The van der Waals surface area contributed by atoms with Crippen molar-refractivity contribution in [2.45, 2.75) is 13.0 Å². The Morgan fingerprint density at radius 1 is 1.50 bits per heavy atom. The van der Waals surface area contributed by atoms with E-state index < -0.39 is 0 Å². The van der Waals surface area contributed by atoms with Gasteiger partial charge in [-0.2, -0.15) is 0 Å². The van der Waals surface area contributed by atoms with Crippen LogP contribution in [0.1, 0.15) is 18.5 Å². The molecule has 1 amide bonds. The first kappa shape index (κ1) is 11.7. The molecule has 0 aromatic heterocycles. The average Bonchev–Trinajstić information content (AvgIpc) is 2.18. The molecule has 1 N–H and O–H groups in total. The molecule has 0 fully saturated rings. The second-order valence-electron chi connectivity index (χ2n) is 2.94. The van der Waals surface area contributed by atoms with E-state index in [4.69, 9.17) is 0 Å². The maximum atomic E-state index is 11.1. The fourth-order valence-electron chi connectivity index (χ4n) is 1.18. The standard InChI is InChI=1S/C10H11Br2NO/c1-7(13-10(14)6-11)8-4-2-3-5-9(8)12/h2-5,7H,6H2,1H3,(H,13,14)/t7-/m1/s1. The van der Waals surface area contributed by atoms with Gasteiger partial charge in [-0.15, -0.1) is 0 Å². The van der Waals surface area contributed by atoms with Crippen LogP contribution in [0.3, 0.4) is 0 Å². The Morgan fingerprint density at radius 2 is 2.14 bits per heavy atom. The number of benzene rings is 1. The molecule has 1 atom stereocenters. The van der Waals surface area contributed by atoms with Crippen molar-refractivity contribution in [1.29, 1.82) is 0 Å². The van der Waals surface area contributed by atoms with Crippen LogP contribution in [0.15, 0.2) is 28.7 Å². The van der Waals surface area contributed by atoms with Crippen LogP contribution < -0.4 is 5.32 Å². The molecule has 0 spiro atoms. The number of nitrogens with one attached hydrogen (secondary N) is 1. The molecule has 1 rings (SSSR count). The van der Waals surface area contributed by atoms with E-state index in [1.54, 1.807) is 0 Å². The third-order valence-corrected chi connectivity index (χ3v) is 3.10. The van der Waals surface area contributed by atoms with Crippen LogP contribution in [0.4, 0.5) is 0 Å². The summed E-state index contributed by atoms with van der Waals surface area (Å²) in [6.45, 7) is 1.96. The highest BCUT2D eigenvalue weighted by Gasteiger charge is 2.10. The van der Waals surface area contributed by atoms with Crippen molar-refractivity contribution in [3.63, 3.8) is 0 Å². The van der Waals surface area contributed by atoms with Gasteiger partial charge in [-0.3, -0.25) is 4.79 Å². The lowest BCUT2D eigenvalue weighted by atomic mass is 10.1. The number of carbonyl (C=O) groups excluding carboxylic acids is 1. The van der Waals surface area contributed by atoms with E-state index in [-0.39, 0.29) is 11.9 Å². The second-order valence-corrected chi connectivity index (χ2v) is 4.36. The number of alkyl halides is 1. The van der Waals surface area contributed by atoms with Gasteiger partial charge in [0.1, 0.15) is 0 Å². The summed E-state index contributed by atoms with van der Waals surface area (Å²) in [6.07, 6.45) is 0. The van der Waals surface area contributed by atoms with E-state index in [1.807, 2.05) is 31.2 Å². The molecular weight excluding hydrogens is 310 g/mol. The molecular formula is C10H11Br2NO. The smallest absolute Gasteiger partial charge is 0.231 e. The average molecular weight is 321 g/mol. The SMILES string of the molecule is C[C@@H](NC(=O)CBr)c1ccccc1Br. The molecule has 0 radical (unpaired) electrons. The first-order valence-electron chi connectivity index (χ1n) is 4.25. The Bertz CT molecular complexity index is 328. The number of rotatable bonds is 3. The zero-order valence-corrected chi connectivity index (χ0v) is 10.9. The fourth-order valence-corrected chi connectivity index (χ4v) is 1.97. The highest BCUT2D eigenvalue weighted by molar-refractivity contribution is 9.10. The summed E-state index contributed by atoms with van der Waals surface area (Å²) in [6, 6.07) is 7.88. The summed E-state index contributed by atoms with van der Waals surface area (Å²) < 4.78 is 1.02. The highest BCUT2D eigenvalue weighted by Crippen LogP contribution is 2.22. The molecule has 2 nitrogen and oxygen atoms in total. The molecule has 0 unspecified atom stereocenters. The Hall–Kier alpha value is -0.350. The number of hydrogen-bond donors (Lipinski definition) is 1. The number of hydrogen-bond acceptors (Lipinski definition) is 1. The molecule has 0 heterocycles. The van der Waals surface area contributed by atoms with E-state index >= 15 is 0 Å². The first-order valence-corrected chi connectivity index (χ1v) is 6.16. The second kappa shape index (κ2) is 5.51. The number of amides is 1. The van der Waals surface area contributed by atoms with Crippen molar-refractivity contribution >= 4 is 37.8 Å².